The molecule has 0 saturated carbocycles. The molecular weight excluding hydrogens is 340 g/mol. The number of amides is 2. The lowest BCUT2D eigenvalue weighted by Gasteiger charge is -2.28. The summed E-state index contributed by atoms with van der Waals surface area (Å²) in [6.45, 7) is 4.52. The first-order valence-corrected chi connectivity index (χ1v) is 8.52. The van der Waals surface area contributed by atoms with Crippen molar-refractivity contribution in [3.63, 3.8) is 0 Å². The molecule has 1 aliphatic rings. The van der Waals surface area contributed by atoms with Crippen molar-refractivity contribution < 1.29 is 9.59 Å². The van der Waals surface area contributed by atoms with Crippen LogP contribution in [0, 0.1) is 0 Å². The summed E-state index contributed by atoms with van der Waals surface area (Å²) in [6, 6.07) is 1.54. The average Bonchev–Trinajstić information content (AvgIpc) is 2.75. The highest BCUT2D eigenvalue weighted by molar-refractivity contribution is 9.10. The van der Waals surface area contributed by atoms with Crippen molar-refractivity contribution in [2.24, 2.45) is 0 Å². The highest BCUT2D eigenvalue weighted by Gasteiger charge is 2.33. The topological polar surface area (TPSA) is 49.4 Å². The molecule has 20 heavy (non-hydrogen) atoms. The van der Waals surface area contributed by atoms with Crippen molar-refractivity contribution in [2.45, 2.75) is 51.7 Å². The zero-order chi connectivity index (χ0) is 14.7. The summed E-state index contributed by atoms with van der Waals surface area (Å²) in [5, 5.41) is 4.85. The van der Waals surface area contributed by atoms with E-state index >= 15 is 0 Å². The van der Waals surface area contributed by atoms with Gasteiger partial charge in [-0.05, 0) is 40.7 Å². The maximum Gasteiger partial charge on any atom is 0.245 e. The lowest BCUT2D eigenvalue weighted by atomic mass is 10.1. The molecule has 0 radical (unpaired) electrons. The number of nitrogens with one attached hydrogen (secondary N) is 1. The molecule has 110 valence electrons. The molecule has 1 fully saturated rings. The number of halogens is 1. The smallest absolute Gasteiger partial charge is 0.245 e. The fourth-order valence-electron chi connectivity index (χ4n) is 2.42. The molecule has 1 aliphatic heterocycles. The second-order valence-corrected chi connectivity index (χ2v) is 6.97. The Balaban J connectivity index is 2.21. The second-order valence-electron chi connectivity index (χ2n) is 5.12. The molecule has 2 amide bonds. The first kappa shape index (κ1) is 15.5. The minimum Gasteiger partial charge on any atom is -0.344 e. The monoisotopic (exact) mass is 358 g/mol. The predicted molar refractivity (Wildman–Crippen MR) is 83.5 cm³/mol. The van der Waals surface area contributed by atoms with Crippen LogP contribution in [0.1, 0.15) is 38.0 Å². The zero-order valence-corrected chi connectivity index (χ0v) is 14.1. The van der Waals surface area contributed by atoms with E-state index in [0.29, 0.717) is 19.4 Å². The summed E-state index contributed by atoms with van der Waals surface area (Å²) in [7, 11) is 0. The third-order valence-electron chi connectivity index (χ3n) is 3.51. The van der Waals surface area contributed by atoms with Crippen molar-refractivity contribution in [3.05, 3.63) is 20.8 Å². The van der Waals surface area contributed by atoms with E-state index in [4.69, 9.17) is 0 Å². The Labute approximate surface area is 131 Å². The van der Waals surface area contributed by atoms with E-state index < -0.39 is 0 Å². The van der Waals surface area contributed by atoms with E-state index in [1.165, 1.54) is 0 Å². The molecule has 1 N–H and O–H groups in total. The number of carbonyl (C=O) groups excluding carboxylic acids is 2. The number of hydrogen-bond donors (Lipinski definition) is 1. The number of thiophene rings is 1. The fraction of sp³-hybridized carbons (Fsp3) is 0.571. The van der Waals surface area contributed by atoms with Gasteiger partial charge in [-0.2, -0.15) is 0 Å². The van der Waals surface area contributed by atoms with Gasteiger partial charge in [-0.25, -0.2) is 0 Å². The van der Waals surface area contributed by atoms with Gasteiger partial charge < -0.3 is 10.2 Å². The number of nitrogens with zero attached hydrogens (tertiary/aromatic N) is 1. The van der Waals surface area contributed by atoms with Gasteiger partial charge in [-0.15, -0.1) is 11.3 Å². The van der Waals surface area contributed by atoms with E-state index in [1.807, 2.05) is 30.2 Å². The normalized spacial score (nSPS) is 23.6. The Morgan fingerprint density at radius 3 is 2.85 bits per heavy atom. The Morgan fingerprint density at radius 2 is 2.25 bits per heavy atom. The summed E-state index contributed by atoms with van der Waals surface area (Å²) in [5.41, 5.74) is 0. The van der Waals surface area contributed by atoms with E-state index in [1.54, 1.807) is 11.3 Å². The summed E-state index contributed by atoms with van der Waals surface area (Å²) in [5.74, 6) is 0.00236. The summed E-state index contributed by atoms with van der Waals surface area (Å²) in [6.07, 6.45) is 1.94. The molecular formula is C14H19BrN2O2S. The lowest BCUT2D eigenvalue weighted by Crippen LogP contribution is -2.45. The summed E-state index contributed by atoms with van der Waals surface area (Å²) < 4.78 is 1.03. The van der Waals surface area contributed by atoms with Crippen molar-refractivity contribution >= 4 is 39.1 Å². The van der Waals surface area contributed by atoms with Crippen LogP contribution in [0.25, 0.3) is 0 Å². The van der Waals surface area contributed by atoms with Crippen molar-refractivity contribution in [1.82, 2.24) is 10.2 Å². The predicted octanol–water partition coefficient (Wildman–Crippen LogP) is 2.92. The van der Waals surface area contributed by atoms with Crippen LogP contribution < -0.4 is 5.32 Å². The average molecular weight is 359 g/mol. The highest BCUT2D eigenvalue weighted by Crippen LogP contribution is 2.26. The minimum absolute atomic E-state index is 0.0305. The molecule has 2 unspecified atom stereocenters. The van der Waals surface area contributed by atoms with Crippen LogP contribution in [0.3, 0.4) is 0 Å². The van der Waals surface area contributed by atoms with Gasteiger partial charge in [0.2, 0.25) is 11.8 Å². The Kier molecular flexibility index (Phi) is 5.21. The third kappa shape index (κ3) is 3.41. The van der Waals surface area contributed by atoms with Crippen molar-refractivity contribution in [3.8, 4) is 0 Å². The van der Waals surface area contributed by atoms with E-state index in [2.05, 4.69) is 21.2 Å². The Morgan fingerprint density at radius 1 is 1.50 bits per heavy atom. The van der Waals surface area contributed by atoms with Crippen LogP contribution >= 0.6 is 27.3 Å². The third-order valence-corrected chi connectivity index (χ3v) is 5.42. The van der Waals surface area contributed by atoms with Crippen molar-refractivity contribution in [2.75, 3.05) is 0 Å². The highest BCUT2D eigenvalue weighted by atomic mass is 79.9. The van der Waals surface area contributed by atoms with Crippen LogP contribution in [0.5, 0.6) is 0 Å². The van der Waals surface area contributed by atoms with Gasteiger partial charge in [0.25, 0.3) is 0 Å². The molecule has 1 aromatic heterocycles. The number of carbonyl (C=O) groups is 2. The molecule has 2 atom stereocenters. The van der Waals surface area contributed by atoms with Crippen LogP contribution in [0.2, 0.25) is 0 Å². The van der Waals surface area contributed by atoms with Crippen LogP contribution in [0.4, 0.5) is 0 Å². The molecule has 2 rings (SSSR count). The van der Waals surface area contributed by atoms with E-state index in [-0.39, 0.29) is 23.9 Å². The Bertz CT molecular complexity index is 503. The molecule has 0 spiro atoms. The largest absolute Gasteiger partial charge is 0.344 e. The van der Waals surface area contributed by atoms with Gasteiger partial charge in [-0.1, -0.05) is 13.3 Å². The first-order valence-electron chi connectivity index (χ1n) is 6.84. The molecule has 4 nitrogen and oxygen atoms in total. The van der Waals surface area contributed by atoms with Gasteiger partial charge in [0.05, 0.1) is 6.54 Å². The van der Waals surface area contributed by atoms with Gasteiger partial charge in [0, 0.05) is 21.8 Å². The van der Waals surface area contributed by atoms with Crippen LogP contribution in [-0.2, 0) is 16.1 Å². The fourth-order valence-corrected chi connectivity index (χ4v) is 3.90. The molecule has 2 heterocycles. The second kappa shape index (κ2) is 6.72. The van der Waals surface area contributed by atoms with Gasteiger partial charge in [0.15, 0.2) is 0 Å². The first-order chi connectivity index (χ1) is 9.52. The molecule has 0 aromatic carbocycles. The number of hydrogen-bond acceptors (Lipinski definition) is 3. The maximum atomic E-state index is 12.6. The molecule has 1 saturated heterocycles. The standard InChI is InChI=1S/C14H19BrN2O2S/c1-3-4-11-14(19)17(9(2)7-13(18)16-11)8-12-10(15)5-6-20-12/h5-6,9,11H,3-4,7-8H2,1-2H3,(H,16,18). The SMILES string of the molecule is CCCC1NC(=O)CC(C)N(Cc2sccc2Br)C1=O. The lowest BCUT2D eigenvalue weighted by molar-refractivity contribution is -0.135. The summed E-state index contributed by atoms with van der Waals surface area (Å²) >= 11 is 5.12. The van der Waals surface area contributed by atoms with Crippen LogP contribution in [-0.4, -0.2) is 28.8 Å². The number of rotatable bonds is 4. The molecule has 0 aliphatic carbocycles. The molecule has 6 heteroatoms. The van der Waals surface area contributed by atoms with Crippen LogP contribution in [0.15, 0.2) is 15.9 Å². The van der Waals surface area contributed by atoms with E-state index in [0.717, 1.165) is 15.8 Å². The zero-order valence-electron chi connectivity index (χ0n) is 11.7. The Hall–Kier alpha value is -0.880. The van der Waals surface area contributed by atoms with E-state index in [9.17, 15) is 9.59 Å². The van der Waals surface area contributed by atoms with Gasteiger partial charge >= 0.3 is 0 Å². The summed E-state index contributed by atoms with van der Waals surface area (Å²) in [4.78, 5) is 27.4. The molecule has 0 bridgehead atoms. The quantitative estimate of drug-likeness (QED) is 0.899. The van der Waals surface area contributed by atoms with Gasteiger partial charge in [-0.3, -0.25) is 9.59 Å². The van der Waals surface area contributed by atoms with Gasteiger partial charge in [0.1, 0.15) is 6.04 Å². The van der Waals surface area contributed by atoms with Crippen molar-refractivity contribution in [1.29, 1.82) is 0 Å². The maximum absolute atomic E-state index is 12.6. The molecule has 1 aromatic rings. The minimum atomic E-state index is -0.379.